The third-order valence-corrected chi connectivity index (χ3v) is 1.60. The Morgan fingerprint density at radius 2 is 1.80 bits per heavy atom. The lowest BCUT2D eigenvalue weighted by Crippen LogP contribution is -3.00. The van der Waals surface area contributed by atoms with E-state index in [2.05, 4.69) is 5.32 Å². The number of likely N-dealkylation sites (N-methyl/N-ethyl adjacent to an activating group) is 1. The predicted molar refractivity (Wildman–Crippen MR) is 52.8 cm³/mol. The maximum Gasteiger partial charge on any atom is 0.305 e. The summed E-state index contributed by atoms with van der Waals surface area (Å²) in [7, 11) is 5.87. The average Bonchev–Trinajstić information content (AvgIpc) is 1.77. The molecule has 0 unspecified atom stereocenters. The second-order valence-corrected chi connectivity index (χ2v) is 4.47. The van der Waals surface area contributed by atoms with Crippen molar-refractivity contribution in [1.82, 2.24) is 5.32 Å². The predicted octanol–water partition coefficient (Wildman–Crippen LogP) is -3.32. The first kappa shape index (κ1) is 16.6. The molecule has 0 aliphatic rings. The highest BCUT2D eigenvalue weighted by Gasteiger charge is 2.21. The van der Waals surface area contributed by atoms with E-state index in [1.165, 1.54) is 6.92 Å². The van der Waals surface area contributed by atoms with Gasteiger partial charge in [0.05, 0.1) is 40.2 Å². The maximum atomic E-state index is 10.8. The van der Waals surface area contributed by atoms with Gasteiger partial charge in [-0.3, -0.25) is 9.59 Å². The first-order valence-electron chi connectivity index (χ1n) is 4.50. The van der Waals surface area contributed by atoms with Crippen molar-refractivity contribution in [2.45, 2.75) is 19.4 Å². The lowest BCUT2D eigenvalue weighted by Gasteiger charge is -2.28. The van der Waals surface area contributed by atoms with Crippen LogP contribution in [0.3, 0.4) is 0 Å². The Morgan fingerprint density at radius 3 is 2.07 bits per heavy atom. The number of carbonyl (C=O) groups is 2. The van der Waals surface area contributed by atoms with Crippen LogP contribution in [0.5, 0.6) is 0 Å². The number of rotatable bonds is 5. The molecule has 6 heteroatoms. The van der Waals surface area contributed by atoms with Crippen LogP contribution in [-0.4, -0.2) is 55.2 Å². The van der Waals surface area contributed by atoms with Gasteiger partial charge < -0.3 is 27.3 Å². The fourth-order valence-corrected chi connectivity index (χ4v) is 1.32. The van der Waals surface area contributed by atoms with Crippen LogP contribution < -0.4 is 17.7 Å². The van der Waals surface area contributed by atoms with Crippen molar-refractivity contribution in [3.63, 3.8) is 0 Å². The standard InChI is InChI=1S/C9H18N2O3.ClH/c1-7(12)10-8(5-9(13)14)6-11(2,3)4;/h8H,5-6H2,1-4H3,(H-,10,12,13,14);1H/t8-;/m1./s1. The fraction of sp³-hybridized carbons (Fsp3) is 0.778. The van der Waals surface area contributed by atoms with E-state index in [0.29, 0.717) is 11.0 Å². The highest BCUT2D eigenvalue weighted by Crippen LogP contribution is 1.99. The molecule has 0 saturated carbocycles. The molecule has 0 aliphatic heterocycles. The molecule has 90 valence electrons. The minimum absolute atomic E-state index is 0. The Balaban J connectivity index is 0. The molecule has 1 atom stereocenters. The summed E-state index contributed by atoms with van der Waals surface area (Å²) in [6, 6.07) is -0.301. The number of halogens is 1. The number of quaternary nitrogens is 1. The van der Waals surface area contributed by atoms with E-state index < -0.39 is 5.97 Å². The molecule has 0 radical (unpaired) electrons. The van der Waals surface area contributed by atoms with Gasteiger partial charge in [0.15, 0.2) is 0 Å². The Labute approximate surface area is 96.4 Å². The molecule has 0 spiro atoms. The molecule has 5 nitrogen and oxygen atoms in total. The highest BCUT2D eigenvalue weighted by molar-refractivity contribution is 5.74. The van der Waals surface area contributed by atoms with Crippen LogP contribution in [0.15, 0.2) is 0 Å². The first-order valence-corrected chi connectivity index (χ1v) is 4.50. The number of aliphatic carboxylic acids is 1. The van der Waals surface area contributed by atoms with E-state index in [1.54, 1.807) is 0 Å². The zero-order chi connectivity index (χ0) is 11.4. The number of amides is 1. The summed E-state index contributed by atoms with van der Waals surface area (Å²) in [5.74, 6) is -1.08. The van der Waals surface area contributed by atoms with Gasteiger partial charge in [0.2, 0.25) is 5.91 Å². The summed E-state index contributed by atoms with van der Waals surface area (Å²) in [6.45, 7) is 2.00. The van der Waals surface area contributed by atoms with Crippen molar-refractivity contribution < 1.29 is 31.6 Å². The zero-order valence-electron chi connectivity index (χ0n) is 9.58. The lowest BCUT2D eigenvalue weighted by molar-refractivity contribution is -0.871. The van der Waals surface area contributed by atoms with Crippen molar-refractivity contribution in [3.8, 4) is 0 Å². The molecule has 0 rings (SSSR count). The van der Waals surface area contributed by atoms with Gasteiger partial charge in [-0.1, -0.05) is 0 Å². The van der Waals surface area contributed by atoms with Crippen molar-refractivity contribution >= 4 is 11.9 Å². The van der Waals surface area contributed by atoms with Gasteiger partial charge in [-0.15, -0.1) is 0 Å². The maximum absolute atomic E-state index is 10.8. The Hall–Kier alpha value is -0.810. The van der Waals surface area contributed by atoms with Gasteiger partial charge in [0.1, 0.15) is 0 Å². The molecule has 0 bridgehead atoms. The first-order chi connectivity index (χ1) is 6.20. The van der Waals surface area contributed by atoms with E-state index >= 15 is 0 Å². The molecular formula is C9H19ClN2O3. The summed E-state index contributed by atoms with van der Waals surface area (Å²) < 4.78 is 0.623. The molecule has 0 heterocycles. The van der Waals surface area contributed by atoms with Crippen LogP contribution in [0.1, 0.15) is 13.3 Å². The van der Waals surface area contributed by atoms with Gasteiger partial charge >= 0.3 is 5.97 Å². The smallest absolute Gasteiger partial charge is 0.305 e. The van der Waals surface area contributed by atoms with Crippen LogP contribution in [0.2, 0.25) is 0 Å². The molecule has 2 N–H and O–H groups in total. The number of carboxylic acids is 1. The fourth-order valence-electron chi connectivity index (χ4n) is 1.32. The van der Waals surface area contributed by atoms with Crippen molar-refractivity contribution in [1.29, 1.82) is 0 Å². The van der Waals surface area contributed by atoms with E-state index in [-0.39, 0.29) is 30.8 Å². The van der Waals surface area contributed by atoms with E-state index in [1.807, 2.05) is 21.1 Å². The minimum atomic E-state index is -0.891. The van der Waals surface area contributed by atoms with Crippen LogP contribution >= 0.6 is 0 Å². The van der Waals surface area contributed by atoms with Crippen molar-refractivity contribution in [2.75, 3.05) is 27.7 Å². The molecule has 0 fully saturated rings. The average molecular weight is 239 g/mol. The van der Waals surface area contributed by atoms with Crippen molar-refractivity contribution in [3.05, 3.63) is 0 Å². The molecule has 0 aromatic rings. The molecule has 0 aromatic carbocycles. The second-order valence-electron chi connectivity index (χ2n) is 4.47. The van der Waals surface area contributed by atoms with Gasteiger partial charge in [-0.25, -0.2) is 0 Å². The number of carboxylic acid groups (broad SMARTS) is 1. The quantitative estimate of drug-likeness (QED) is 0.493. The normalized spacial score (nSPS) is 12.5. The Bertz CT molecular complexity index is 210. The van der Waals surface area contributed by atoms with Gasteiger partial charge in [-0.05, 0) is 0 Å². The number of nitrogens with zero attached hydrogens (tertiary/aromatic N) is 1. The summed E-state index contributed by atoms with van der Waals surface area (Å²) in [5.41, 5.74) is 0. The topological polar surface area (TPSA) is 66.4 Å². The van der Waals surface area contributed by atoms with Crippen LogP contribution in [0.25, 0.3) is 0 Å². The molecule has 0 saturated heterocycles. The minimum Gasteiger partial charge on any atom is -1.00 e. The third kappa shape index (κ3) is 11.1. The molecule has 15 heavy (non-hydrogen) atoms. The number of hydrogen-bond acceptors (Lipinski definition) is 2. The largest absolute Gasteiger partial charge is 1.00 e. The van der Waals surface area contributed by atoms with Gasteiger partial charge in [0.25, 0.3) is 0 Å². The number of hydrogen-bond donors (Lipinski definition) is 2. The van der Waals surface area contributed by atoms with Crippen LogP contribution in [0, 0.1) is 0 Å². The van der Waals surface area contributed by atoms with E-state index in [4.69, 9.17) is 5.11 Å². The second kappa shape index (κ2) is 6.63. The van der Waals surface area contributed by atoms with E-state index in [9.17, 15) is 9.59 Å². The molecule has 0 aliphatic carbocycles. The SMILES string of the molecule is CC(=O)N[C@H](CC(=O)O)C[N+](C)(C)C.[Cl-]. The highest BCUT2D eigenvalue weighted by atomic mass is 35.5. The van der Waals surface area contributed by atoms with Crippen LogP contribution in [-0.2, 0) is 9.59 Å². The van der Waals surface area contributed by atoms with Gasteiger partial charge in [-0.2, -0.15) is 0 Å². The molecular weight excluding hydrogens is 220 g/mol. The van der Waals surface area contributed by atoms with Gasteiger partial charge in [0, 0.05) is 6.92 Å². The summed E-state index contributed by atoms with van der Waals surface area (Å²) in [6.07, 6.45) is -0.0326. The Morgan fingerprint density at radius 1 is 1.33 bits per heavy atom. The number of nitrogens with one attached hydrogen (secondary N) is 1. The van der Waals surface area contributed by atoms with Crippen LogP contribution in [0.4, 0.5) is 0 Å². The number of carbonyl (C=O) groups excluding carboxylic acids is 1. The molecule has 1 amide bonds. The summed E-state index contributed by atoms with van der Waals surface area (Å²) in [5, 5.41) is 11.3. The van der Waals surface area contributed by atoms with Crippen molar-refractivity contribution in [2.24, 2.45) is 0 Å². The van der Waals surface area contributed by atoms with E-state index in [0.717, 1.165) is 0 Å². The third-order valence-electron chi connectivity index (χ3n) is 1.60. The monoisotopic (exact) mass is 238 g/mol. The zero-order valence-corrected chi connectivity index (χ0v) is 10.3. The Kier molecular flexibility index (Phi) is 7.35. The summed E-state index contributed by atoms with van der Waals surface area (Å²) in [4.78, 5) is 21.3. The summed E-state index contributed by atoms with van der Waals surface area (Å²) >= 11 is 0. The lowest BCUT2D eigenvalue weighted by atomic mass is 10.2. The molecule has 0 aromatic heterocycles.